The van der Waals surface area contributed by atoms with Gasteiger partial charge in [0.1, 0.15) is 12.3 Å². The molecule has 0 aliphatic rings. The smallest absolute Gasteiger partial charge is 0.216 e. The van der Waals surface area contributed by atoms with Crippen molar-refractivity contribution >= 4 is 29.9 Å². The van der Waals surface area contributed by atoms with Crippen LogP contribution in [0.1, 0.15) is 29.8 Å². The van der Waals surface area contributed by atoms with Crippen molar-refractivity contribution in [1.29, 1.82) is 0 Å². The molecule has 0 aliphatic heterocycles. The third kappa shape index (κ3) is 8.72. The van der Waals surface area contributed by atoms with Gasteiger partial charge in [-0.05, 0) is 26.3 Å². The van der Waals surface area contributed by atoms with Crippen molar-refractivity contribution in [2.75, 3.05) is 19.7 Å². The lowest BCUT2D eigenvalue weighted by molar-refractivity contribution is 0.0308. The van der Waals surface area contributed by atoms with Gasteiger partial charge in [-0.1, -0.05) is 30.3 Å². The second-order valence-electron chi connectivity index (χ2n) is 5.98. The zero-order valence-corrected chi connectivity index (χ0v) is 18.4. The summed E-state index contributed by atoms with van der Waals surface area (Å²) in [6, 6.07) is 9.88. The minimum atomic E-state index is -0.631. The van der Waals surface area contributed by atoms with E-state index >= 15 is 0 Å². The number of hydrogen-bond donors (Lipinski definition) is 3. The van der Waals surface area contributed by atoms with E-state index in [4.69, 9.17) is 9.15 Å². The predicted molar refractivity (Wildman–Crippen MR) is 116 cm³/mol. The monoisotopic (exact) mass is 488 g/mol. The number of halogens is 1. The van der Waals surface area contributed by atoms with Gasteiger partial charge in [0, 0.05) is 13.1 Å². The molecule has 2 aromatic rings. The number of oxazole rings is 1. The lowest BCUT2D eigenvalue weighted by Crippen LogP contribution is -2.42. The maximum Gasteiger partial charge on any atom is 0.216 e. The second kappa shape index (κ2) is 12.7. The Balaban J connectivity index is 0.00000364. The molecule has 0 saturated heterocycles. The molecule has 1 unspecified atom stereocenters. The van der Waals surface area contributed by atoms with Crippen LogP contribution in [0.15, 0.2) is 39.7 Å². The number of nitrogens with one attached hydrogen (secondary N) is 2. The topological polar surface area (TPSA) is 91.9 Å². The highest BCUT2D eigenvalue weighted by molar-refractivity contribution is 14.0. The Morgan fingerprint density at radius 2 is 2.00 bits per heavy atom. The molecule has 8 heteroatoms. The van der Waals surface area contributed by atoms with E-state index in [0.717, 1.165) is 23.6 Å². The normalized spacial score (nSPS) is 12.4. The molecule has 2 rings (SSSR count). The molecule has 0 bridgehead atoms. The lowest BCUT2D eigenvalue weighted by atomic mass is 10.2. The van der Waals surface area contributed by atoms with Gasteiger partial charge in [0.05, 0.1) is 25.0 Å². The van der Waals surface area contributed by atoms with E-state index in [0.29, 0.717) is 31.5 Å². The van der Waals surface area contributed by atoms with Gasteiger partial charge in [-0.25, -0.2) is 9.98 Å². The number of aliphatic hydroxyl groups excluding tert-OH is 1. The Hall–Kier alpha value is -1.65. The number of benzene rings is 1. The minimum Gasteiger partial charge on any atom is -0.444 e. The Morgan fingerprint density at radius 3 is 2.63 bits per heavy atom. The van der Waals surface area contributed by atoms with Crippen LogP contribution in [-0.4, -0.2) is 41.9 Å². The maximum absolute atomic E-state index is 10.1. The Labute approximate surface area is 177 Å². The summed E-state index contributed by atoms with van der Waals surface area (Å²) in [4.78, 5) is 8.73. The molecule has 1 atom stereocenters. The molecular weight excluding hydrogens is 459 g/mol. The van der Waals surface area contributed by atoms with Crippen molar-refractivity contribution in [3.05, 3.63) is 53.2 Å². The molecule has 0 amide bonds. The molecule has 1 aromatic carbocycles. The number of nitrogens with zero attached hydrogens (tertiary/aromatic N) is 2. The molecule has 0 spiro atoms. The Bertz CT molecular complexity index is 672. The summed E-state index contributed by atoms with van der Waals surface area (Å²) in [7, 11) is 0. The SMILES string of the molecule is CCNC(=NCc1nc(C)c(C)o1)NCC(O)COCc1ccccc1.I. The molecule has 3 N–H and O–H groups in total. The van der Waals surface area contributed by atoms with Gasteiger partial charge in [0.15, 0.2) is 5.96 Å². The van der Waals surface area contributed by atoms with Gasteiger partial charge in [-0.2, -0.15) is 0 Å². The van der Waals surface area contributed by atoms with Crippen LogP contribution < -0.4 is 10.6 Å². The van der Waals surface area contributed by atoms with Crippen molar-refractivity contribution < 1.29 is 14.3 Å². The second-order valence-corrected chi connectivity index (χ2v) is 5.98. The highest BCUT2D eigenvalue weighted by Gasteiger charge is 2.08. The lowest BCUT2D eigenvalue weighted by Gasteiger charge is -2.15. The molecule has 150 valence electrons. The number of ether oxygens (including phenoxy) is 1. The van der Waals surface area contributed by atoms with E-state index < -0.39 is 6.10 Å². The first-order valence-corrected chi connectivity index (χ1v) is 8.83. The van der Waals surface area contributed by atoms with Crippen molar-refractivity contribution in [3.63, 3.8) is 0 Å². The first-order valence-electron chi connectivity index (χ1n) is 8.83. The van der Waals surface area contributed by atoms with Crippen molar-refractivity contribution in [3.8, 4) is 0 Å². The highest BCUT2D eigenvalue weighted by Crippen LogP contribution is 2.08. The van der Waals surface area contributed by atoms with E-state index in [1.165, 1.54) is 0 Å². The molecule has 0 fully saturated rings. The van der Waals surface area contributed by atoms with Crippen LogP contribution in [-0.2, 0) is 17.9 Å². The number of guanidine groups is 1. The number of aryl methyl sites for hydroxylation is 2. The third-order valence-electron chi connectivity index (χ3n) is 3.72. The predicted octanol–water partition coefficient (Wildman–Crippen LogP) is 2.54. The third-order valence-corrected chi connectivity index (χ3v) is 3.72. The van der Waals surface area contributed by atoms with Gasteiger partial charge in [0.25, 0.3) is 0 Å². The summed E-state index contributed by atoms with van der Waals surface area (Å²) in [5, 5.41) is 16.3. The van der Waals surface area contributed by atoms with Crippen LogP contribution >= 0.6 is 24.0 Å². The highest BCUT2D eigenvalue weighted by atomic mass is 127. The molecule has 0 saturated carbocycles. The number of aromatic nitrogens is 1. The average Bonchev–Trinajstić information content (AvgIpc) is 2.96. The quantitative estimate of drug-likeness (QED) is 0.286. The molecule has 1 heterocycles. The van der Waals surface area contributed by atoms with Crippen LogP contribution in [0.3, 0.4) is 0 Å². The first-order chi connectivity index (χ1) is 12.6. The first kappa shape index (κ1) is 23.4. The van der Waals surface area contributed by atoms with E-state index in [9.17, 15) is 5.11 Å². The molecule has 27 heavy (non-hydrogen) atoms. The molecule has 1 aromatic heterocycles. The summed E-state index contributed by atoms with van der Waals surface area (Å²) in [5.74, 6) is 1.98. The summed E-state index contributed by atoms with van der Waals surface area (Å²) >= 11 is 0. The molecular formula is C19H29IN4O3. The van der Waals surface area contributed by atoms with Gasteiger partial charge >= 0.3 is 0 Å². The fourth-order valence-corrected chi connectivity index (χ4v) is 2.26. The van der Waals surface area contributed by atoms with Crippen molar-refractivity contribution in [2.45, 2.75) is 40.0 Å². The summed E-state index contributed by atoms with van der Waals surface area (Å²) in [5.41, 5.74) is 1.96. The Kier molecular flexibility index (Phi) is 11.0. The van der Waals surface area contributed by atoms with E-state index in [-0.39, 0.29) is 30.6 Å². The van der Waals surface area contributed by atoms with E-state index in [1.807, 2.05) is 51.1 Å². The summed E-state index contributed by atoms with van der Waals surface area (Å²) in [6.07, 6.45) is -0.631. The van der Waals surface area contributed by atoms with Gasteiger partial charge in [-0.3, -0.25) is 0 Å². The van der Waals surface area contributed by atoms with Crippen LogP contribution in [0.25, 0.3) is 0 Å². The van der Waals surface area contributed by atoms with E-state index in [2.05, 4.69) is 20.6 Å². The number of hydrogen-bond acceptors (Lipinski definition) is 5. The van der Waals surface area contributed by atoms with Crippen molar-refractivity contribution in [1.82, 2.24) is 15.6 Å². The number of aliphatic imine (C=N–C) groups is 1. The molecule has 0 aliphatic carbocycles. The van der Waals surface area contributed by atoms with Gasteiger partial charge < -0.3 is 24.9 Å². The van der Waals surface area contributed by atoms with Gasteiger partial charge in [-0.15, -0.1) is 24.0 Å². The Morgan fingerprint density at radius 1 is 1.26 bits per heavy atom. The zero-order valence-electron chi connectivity index (χ0n) is 16.1. The average molecular weight is 488 g/mol. The van der Waals surface area contributed by atoms with Crippen LogP contribution in [0.2, 0.25) is 0 Å². The fourth-order valence-electron chi connectivity index (χ4n) is 2.26. The molecule has 7 nitrogen and oxygen atoms in total. The van der Waals surface area contributed by atoms with Gasteiger partial charge in [0.2, 0.25) is 5.89 Å². The van der Waals surface area contributed by atoms with E-state index in [1.54, 1.807) is 0 Å². The minimum absolute atomic E-state index is 0. The number of rotatable bonds is 9. The zero-order chi connectivity index (χ0) is 18.8. The van der Waals surface area contributed by atoms with Crippen LogP contribution in [0, 0.1) is 13.8 Å². The fraction of sp³-hybridized carbons (Fsp3) is 0.474. The largest absolute Gasteiger partial charge is 0.444 e. The summed E-state index contributed by atoms with van der Waals surface area (Å²) in [6.45, 7) is 7.89. The maximum atomic E-state index is 10.1. The number of aliphatic hydroxyl groups is 1. The standard InChI is InChI=1S/C19H28N4O3.HI/c1-4-20-19(22-11-18-23-14(2)15(3)26-18)21-10-17(24)13-25-12-16-8-6-5-7-9-16;/h5-9,17,24H,4,10-13H2,1-3H3,(H2,20,21,22);1H. The van der Waals surface area contributed by atoms with Crippen LogP contribution in [0.4, 0.5) is 0 Å². The molecule has 0 radical (unpaired) electrons. The van der Waals surface area contributed by atoms with Crippen molar-refractivity contribution in [2.24, 2.45) is 4.99 Å². The summed E-state index contributed by atoms with van der Waals surface area (Å²) < 4.78 is 11.1. The van der Waals surface area contributed by atoms with Crippen LogP contribution in [0.5, 0.6) is 0 Å².